The molecule has 4 nitrogen and oxygen atoms in total. The van der Waals surface area contributed by atoms with Crippen LogP contribution in [0.5, 0.6) is 0 Å². The first-order chi connectivity index (χ1) is 10.3. The minimum atomic E-state index is -0.0959. The average molecular weight is 281 g/mol. The van der Waals surface area contributed by atoms with Crippen LogP contribution in [0.15, 0.2) is 42.6 Å². The van der Waals surface area contributed by atoms with Crippen molar-refractivity contribution in [3.8, 4) is 11.4 Å². The molecule has 0 spiro atoms. The number of hydrogen-bond donors (Lipinski definition) is 1. The first-order valence-corrected chi connectivity index (χ1v) is 7.52. The number of benzene rings is 1. The predicted molar refractivity (Wildman–Crippen MR) is 81.8 cm³/mol. The van der Waals surface area contributed by atoms with Gasteiger partial charge in [-0.05, 0) is 18.9 Å². The quantitative estimate of drug-likeness (QED) is 0.940. The van der Waals surface area contributed by atoms with Gasteiger partial charge in [-0.25, -0.2) is 9.97 Å². The number of nitrogens with one attached hydrogen (secondary N) is 1. The van der Waals surface area contributed by atoms with E-state index in [2.05, 4.69) is 15.3 Å². The summed E-state index contributed by atoms with van der Waals surface area (Å²) in [4.78, 5) is 20.9. The van der Waals surface area contributed by atoms with E-state index in [1.807, 2.05) is 30.3 Å². The minimum absolute atomic E-state index is 0.0959. The van der Waals surface area contributed by atoms with Gasteiger partial charge in [0, 0.05) is 17.8 Å². The van der Waals surface area contributed by atoms with Crippen molar-refractivity contribution in [1.82, 2.24) is 15.3 Å². The summed E-state index contributed by atoms with van der Waals surface area (Å²) < 4.78 is 0. The van der Waals surface area contributed by atoms with Gasteiger partial charge in [-0.15, -0.1) is 0 Å². The summed E-state index contributed by atoms with van der Waals surface area (Å²) >= 11 is 0. The van der Waals surface area contributed by atoms with E-state index in [9.17, 15) is 4.79 Å². The zero-order chi connectivity index (χ0) is 14.5. The maximum atomic E-state index is 12.3. The predicted octanol–water partition coefficient (Wildman–Crippen LogP) is 3.21. The van der Waals surface area contributed by atoms with Crippen LogP contribution in [0.3, 0.4) is 0 Å². The summed E-state index contributed by atoms with van der Waals surface area (Å²) in [6, 6.07) is 11.7. The Bertz CT molecular complexity index is 606. The van der Waals surface area contributed by atoms with E-state index in [1.165, 1.54) is 19.3 Å². The molecule has 1 saturated carbocycles. The monoisotopic (exact) mass is 281 g/mol. The number of carbonyl (C=O) groups excluding carboxylic acids is 1. The van der Waals surface area contributed by atoms with Gasteiger partial charge in [0.1, 0.15) is 5.69 Å². The largest absolute Gasteiger partial charge is 0.348 e. The maximum absolute atomic E-state index is 12.3. The Balaban J connectivity index is 1.74. The average Bonchev–Trinajstić information content (AvgIpc) is 2.57. The third-order valence-corrected chi connectivity index (χ3v) is 3.86. The summed E-state index contributed by atoms with van der Waals surface area (Å²) in [5, 5.41) is 3.08. The molecule has 1 aromatic heterocycles. The van der Waals surface area contributed by atoms with Crippen LogP contribution in [0.1, 0.15) is 42.6 Å². The van der Waals surface area contributed by atoms with Crippen molar-refractivity contribution < 1.29 is 4.79 Å². The second kappa shape index (κ2) is 6.48. The Kier molecular flexibility index (Phi) is 4.24. The molecule has 1 fully saturated rings. The van der Waals surface area contributed by atoms with Gasteiger partial charge < -0.3 is 5.32 Å². The van der Waals surface area contributed by atoms with Gasteiger partial charge in [-0.3, -0.25) is 4.79 Å². The number of nitrogens with zero attached hydrogens (tertiary/aromatic N) is 2. The van der Waals surface area contributed by atoms with Crippen molar-refractivity contribution >= 4 is 5.91 Å². The third-order valence-electron chi connectivity index (χ3n) is 3.86. The van der Waals surface area contributed by atoms with Crippen LogP contribution in [0.4, 0.5) is 0 Å². The highest BCUT2D eigenvalue weighted by Gasteiger charge is 2.17. The molecule has 0 saturated heterocycles. The Labute approximate surface area is 124 Å². The normalized spacial score (nSPS) is 15.6. The molecule has 108 valence electrons. The van der Waals surface area contributed by atoms with Gasteiger partial charge in [-0.1, -0.05) is 49.6 Å². The molecule has 0 unspecified atom stereocenters. The number of rotatable bonds is 3. The molecule has 1 aliphatic carbocycles. The van der Waals surface area contributed by atoms with Crippen LogP contribution < -0.4 is 5.32 Å². The lowest BCUT2D eigenvalue weighted by Gasteiger charge is -2.22. The Hall–Kier alpha value is -2.23. The first kappa shape index (κ1) is 13.7. The van der Waals surface area contributed by atoms with E-state index in [-0.39, 0.29) is 5.91 Å². The van der Waals surface area contributed by atoms with E-state index in [0.29, 0.717) is 17.6 Å². The van der Waals surface area contributed by atoms with Gasteiger partial charge in [0.15, 0.2) is 5.82 Å². The molecule has 21 heavy (non-hydrogen) atoms. The molecule has 0 bridgehead atoms. The molecule has 1 heterocycles. The van der Waals surface area contributed by atoms with E-state index in [1.54, 1.807) is 12.3 Å². The highest BCUT2D eigenvalue weighted by Crippen LogP contribution is 2.18. The van der Waals surface area contributed by atoms with E-state index >= 15 is 0 Å². The molecular weight excluding hydrogens is 262 g/mol. The fourth-order valence-electron chi connectivity index (χ4n) is 2.72. The number of hydrogen-bond acceptors (Lipinski definition) is 3. The summed E-state index contributed by atoms with van der Waals surface area (Å²) in [5.41, 5.74) is 1.36. The molecule has 1 N–H and O–H groups in total. The van der Waals surface area contributed by atoms with Gasteiger partial charge in [0.05, 0.1) is 0 Å². The maximum Gasteiger partial charge on any atom is 0.270 e. The highest BCUT2D eigenvalue weighted by molar-refractivity contribution is 5.92. The SMILES string of the molecule is O=C(NC1CCCCC1)c1ccnc(-c2ccccc2)n1. The van der Waals surface area contributed by atoms with Gasteiger partial charge in [-0.2, -0.15) is 0 Å². The lowest BCUT2D eigenvalue weighted by molar-refractivity contribution is 0.0922. The van der Waals surface area contributed by atoms with Crippen LogP contribution in [0, 0.1) is 0 Å². The number of carbonyl (C=O) groups is 1. The molecule has 4 heteroatoms. The Morgan fingerprint density at radius 1 is 1.05 bits per heavy atom. The topological polar surface area (TPSA) is 54.9 Å². The molecule has 1 aromatic carbocycles. The zero-order valence-corrected chi connectivity index (χ0v) is 12.0. The van der Waals surface area contributed by atoms with Crippen molar-refractivity contribution in [3.63, 3.8) is 0 Å². The lowest BCUT2D eigenvalue weighted by atomic mass is 9.95. The molecule has 3 rings (SSSR count). The summed E-state index contributed by atoms with van der Waals surface area (Å²) in [6.45, 7) is 0. The van der Waals surface area contributed by atoms with Gasteiger partial charge in [0.25, 0.3) is 5.91 Å². The fraction of sp³-hybridized carbons (Fsp3) is 0.353. The lowest BCUT2D eigenvalue weighted by Crippen LogP contribution is -2.36. The summed E-state index contributed by atoms with van der Waals surface area (Å²) in [5.74, 6) is 0.494. The van der Waals surface area contributed by atoms with Gasteiger partial charge >= 0.3 is 0 Å². The number of aromatic nitrogens is 2. The van der Waals surface area contributed by atoms with E-state index < -0.39 is 0 Å². The molecule has 0 aliphatic heterocycles. The molecule has 1 aliphatic rings. The smallest absolute Gasteiger partial charge is 0.270 e. The zero-order valence-electron chi connectivity index (χ0n) is 12.0. The van der Waals surface area contributed by atoms with Crippen LogP contribution in [0.2, 0.25) is 0 Å². The van der Waals surface area contributed by atoms with Crippen molar-refractivity contribution in [2.24, 2.45) is 0 Å². The van der Waals surface area contributed by atoms with Crippen LogP contribution in [-0.2, 0) is 0 Å². The summed E-state index contributed by atoms with van der Waals surface area (Å²) in [7, 11) is 0. The van der Waals surface area contributed by atoms with Crippen molar-refractivity contribution in [3.05, 3.63) is 48.3 Å². The van der Waals surface area contributed by atoms with E-state index in [0.717, 1.165) is 18.4 Å². The fourth-order valence-corrected chi connectivity index (χ4v) is 2.72. The van der Waals surface area contributed by atoms with Crippen LogP contribution in [0.25, 0.3) is 11.4 Å². The van der Waals surface area contributed by atoms with Gasteiger partial charge in [0.2, 0.25) is 0 Å². The first-order valence-electron chi connectivity index (χ1n) is 7.52. The molecule has 0 atom stereocenters. The summed E-state index contributed by atoms with van der Waals surface area (Å²) in [6.07, 6.45) is 7.46. The Morgan fingerprint density at radius 3 is 2.57 bits per heavy atom. The molecule has 1 amide bonds. The number of amides is 1. The van der Waals surface area contributed by atoms with Crippen LogP contribution >= 0.6 is 0 Å². The van der Waals surface area contributed by atoms with Crippen molar-refractivity contribution in [1.29, 1.82) is 0 Å². The van der Waals surface area contributed by atoms with Crippen molar-refractivity contribution in [2.45, 2.75) is 38.1 Å². The molecule has 2 aromatic rings. The Morgan fingerprint density at radius 2 is 1.81 bits per heavy atom. The molecular formula is C17H19N3O. The standard InChI is InChI=1S/C17H19N3O/c21-17(19-14-9-5-2-6-10-14)15-11-12-18-16(20-15)13-7-3-1-4-8-13/h1,3-4,7-8,11-12,14H,2,5-6,9-10H2,(H,19,21). The second-order valence-electron chi connectivity index (χ2n) is 5.44. The highest BCUT2D eigenvalue weighted by atomic mass is 16.1. The van der Waals surface area contributed by atoms with Crippen LogP contribution in [-0.4, -0.2) is 21.9 Å². The molecule has 0 radical (unpaired) electrons. The van der Waals surface area contributed by atoms with E-state index in [4.69, 9.17) is 0 Å². The third kappa shape index (κ3) is 3.45. The second-order valence-corrected chi connectivity index (χ2v) is 5.44. The minimum Gasteiger partial charge on any atom is -0.348 e. The van der Waals surface area contributed by atoms with Crippen molar-refractivity contribution in [2.75, 3.05) is 0 Å².